The highest BCUT2D eigenvalue weighted by Crippen LogP contribution is 1.99. The molecule has 0 aromatic heterocycles. The van der Waals surface area contributed by atoms with Gasteiger partial charge in [0.2, 0.25) is 5.91 Å². The summed E-state index contributed by atoms with van der Waals surface area (Å²) in [6.45, 7) is 2.90. The van der Waals surface area contributed by atoms with E-state index in [4.69, 9.17) is 10.8 Å². The van der Waals surface area contributed by atoms with Crippen LogP contribution in [0.4, 0.5) is 4.79 Å². The minimum atomic E-state index is -1.16. The number of nitrogens with one attached hydrogen (secondary N) is 2. The molecule has 7 nitrogen and oxygen atoms in total. The van der Waals surface area contributed by atoms with Gasteiger partial charge in [0.05, 0.1) is 6.42 Å². The van der Waals surface area contributed by atoms with E-state index in [1.165, 1.54) is 13.8 Å². The molecule has 0 atom stereocenters. The van der Waals surface area contributed by atoms with E-state index in [0.29, 0.717) is 0 Å². The Morgan fingerprint density at radius 1 is 1.33 bits per heavy atom. The Kier molecular flexibility index (Phi) is 4.56. The monoisotopic (exact) mass is 217 g/mol. The molecule has 0 saturated carbocycles. The summed E-state index contributed by atoms with van der Waals surface area (Å²) in [5, 5.41) is 12.9. The third-order valence-electron chi connectivity index (χ3n) is 1.67. The molecule has 0 aliphatic carbocycles. The fraction of sp³-hybridized carbons (Fsp3) is 0.625. The Hall–Kier alpha value is -1.79. The highest BCUT2D eigenvalue weighted by atomic mass is 16.4. The van der Waals surface area contributed by atoms with Crippen LogP contribution in [0, 0.1) is 0 Å². The highest BCUT2D eigenvalue weighted by Gasteiger charge is 2.26. The number of hydrogen-bond acceptors (Lipinski definition) is 3. The predicted octanol–water partition coefficient (Wildman–Crippen LogP) is -0.976. The van der Waals surface area contributed by atoms with E-state index < -0.39 is 23.4 Å². The van der Waals surface area contributed by atoms with Gasteiger partial charge in [-0.1, -0.05) is 0 Å². The summed E-state index contributed by atoms with van der Waals surface area (Å²) in [7, 11) is 0. The second kappa shape index (κ2) is 5.18. The standard InChI is InChI=1S/C8H15N3O4/c1-8(2,6(9)14)11-7(15)10-4-3-5(12)13/h3-4H2,1-2H3,(H2,9,14)(H,12,13)(H2,10,11,15). The lowest BCUT2D eigenvalue weighted by atomic mass is 10.1. The molecule has 15 heavy (non-hydrogen) atoms. The minimum Gasteiger partial charge on any atom is -0.481 e. The fourth-order valence-corrected chi connectivity index (χ4v) is 0.673. The first kappa shape index (κ1) is 13.2. The molecule has 0 aliphatic heterocycles. The summed E-state index contributed by atoms with van der Waals surface area (Å²) in [4.78, 5) is 32.1. The largest absolute Gasteiger partial charge is 0.481 e. The van der Waals surface area contributed by atoms with Crippen LogP contribution in [0.15, 0.2) is 0 Å². The summed E-state index contributed by atoms with van der Waals surface area (Å²) in [6.07, 6.45) is -0.176. The molecular formula is C8H15N3O4. The Balaban J connectivity index is 3.94. The first-order valence-electron chi connectivity index (χ1n) is 4.33. The second-order valence-electron chi connectivity index (χ2n) is 3.51. The van der Waals surface area contributed by atoms with E-state index in [9.17, 15) is 14.4 Å². The van der Waals surface area contributed by atoms with Crippen molar-refractivity contribution < 1.29 is 19.5 Å². The molecule has 0 aliphatic rings. The molecule has 7 heteroatoms. The second-order valence-corrected chi connectivity index (χ2v) is 3.51. The van der Waals surface area contributed by atoms with Crippen LogP contribution in [-0.2, 0) is 9.59 Å². The SMILES string of the molecule is CC(C)(NC(=O)NCCC(=O)O)C(N)=O. The van der Waals surface area contributed by atoms with Crippen molar-refractivity contribution in [3.05, 3.63) is 0 Å². The number of amides is 3. The van der Waals surface area contributed by atoms with Crippen LogP contribution < -0.4 is 16.4 Å². The minimum absolute atomic E-state index is 0.00396. The van der Waals surface area contributed by atoms with Crippen LogP contribution >= 0.6 is 0 Å². The molecule has 0 saturated heterocycles. The van der Waals surface area contributed by atoms with Crippen LogP contribution in [0.3, 0.4) is 0 Å². The van der Waals surface area contributed by atoms with Crippen molar-refractivity contribution in [3.63, 3.8) is 0 Å². The van der Waals surface area contributed by atoms with Gasteiger partial charge in [-0.25, -0.2) is 4.79 Å². The van der Waals surface area contributed by atoms with Crippen molar-refractivity contribution in [2.24, 2.45) is 5.73 Å². The first-order valence-corrected chi connectivity index (χ1v) is 4.33. The molecule has 0 rings (SSSR count). The summed E-state index contributed by atoms with van der Waals surface area (Å²) in [5.74, 6) is -1.68. The van der Waals surface area contributed by atoms with E-state index in [2.05, 4.69) is 10.6 Å². The Bertz CT molecular complexity index is 275. The number of aliphatic carboxylic acids is 1. The molecule has 0 bridgehead atoms. The molecule has 86 valence electrons. The van der Waals surface area contributed by atoms with Crippen LogP contribution in [0.5, 0.6) is 0 Å². The van der Waals surface area contributed by atoms with Crippen LogP contribution in [0.25, 0.3) is 0 Å². The van der Waals surface area contributed by atoms with E-state index in [1.54, 1.807) is 0 Å². The summed E-state index contributed by atoms with van der Waals surface area (Å²) >= 11 is 0. The number of carbonyl (C=O) groups excluding carboxylic acids is 2. The van der Waals surface area contributed by atoms with Crippen molar-refractivity contribution in [2.75, 3.05) is 6.54 Å². The third kappa shape index (κ3) is 5.50. The van der Waals surface area contributed by atoms with Crippen molar-refractivity contribution in [3.8, 4) is 0 Å². The van der Waals surface area contributed by atoms with Crippen LogP contribution in [0.1, 0.15) is 20.3 Å². The van der Waals surface area contributed by atoms with Gasteiger partial charge < -0.3 is 21.5 Å². The maximum atomic E-state index is 11.1. The average molecular weight is 217 g/mol. The van der Waals surface area contributed by atoms with Gasteiger partial charge in [0.1, 0.15) is 5.54 Å². The third-order valence-corrected chi connectivity index (χ3v) is 1.67. The van der Waals surface area contributed by atoms with E-state index in [1.807, 2.05) is 0 Å². The smallest absolute Gasteiger partial charge is 0.315 e. The lowest BCUT2D eigenvalue weighted by Crippen LogP contribution is -2.55. The molecule has 0 aromatic rings. The van der Waals surface area contributed by atoms with E-state index >= 15 is 0 Å². The Morgan fingerprint density at radius 2 is 1.87 bits per heavy atom. The number of hydrogen-bond donors (Lipinski definition) is 4. The zero-order valence-electron chi connectivity index (χ0n) is 8.66. The normalized spacial score (nSPS) is 10.5. The number of rotatable bonds is 5. The van der Waals surface area contributed by atoms with Gasteiger partial charge in [0.25, 0.3) is 0 Å². The lowest BCUT2D eigenvalue weighted by Gasteiger charge is -2.22. The van der Waals surface area contributed by atoms with Gasteiger partial charge in [-0.3, -0.25) is 9.59 Å². The number of primary amides is 1. The summed E-state index contributed by atoms with van der Waals surface area (Å²) in [6, 6.07) is -0.625. The van der Waals surface area contributed by atoms with Gasteiger partial charge in [-0.15, -0.1) is 0 Å². The zero-order chi connectivity index (χ0) is 12.1. The first-order chi connectivity index (χ1) is 6.75. The number of urea groups is 1. The maximum absolute atomic E-state index is 11.1. The molecule has 0 fully saturated rings. The van der Waals surface area contributed by atoms with Gasteiger partial charge in [-0.2, -0.15) is 0 Å². The number of carboxylic acid groups (broad SMARTS) is 1. The van der Waals surface area contributed by atoms with E-state index in [-0.39, 0.29) is 13.0 Å². The summed E-state index contributed by atoms with van der Waals surface area (Å²) < 4.78 is 0. The van der Waals surface area contributed by atoms with Gasteiger partial charge in [0.15, 0.2) is 0 Å². The molecule has 0 heterocycles. The van der Waals surface area contributed by atoms with Crippen molar-refractivity contribution in [1.82, 2.24) is 10.6 Å². The van der Waals surface area contributed by atoms with Gasteiger partial charge >= 0.3 is 12.0 Å². The zero-order valence-corrected chi connectivity index (χ0v) is 8.66. The predicted molar refractivity (Wildman–Crippen MR) is 52.1 cm³/mol. The Labute approximate surface area is 87.0 Å². The molecule has 0 aromatic carbocycles. The molecule has 3 amide bonds. The summed E-state index contributed by atoms with van der Waals surface area (Å²) in [5.41, 5.74) is 3.86. The quantitative estimate of drug-likeness (QED) is 0.473. The lowest BCUT2D eigenvalue weighted by molar-refractivity contribution is -0.136. The van der Waals surface area contributed by atoms with Crippen molar-refractivity contribution in [1.29, 1.82) is 0 Å². The van der Waals surface area contributed by atoms with Crippen LogP contribution in [0.2, 0.25) is 0 Å². The highest BCUT2D eigenvalue weighted by molar-refractivity contribution is 5.89. The van der Waals surface area contributed by atoms with Gasteiger partial charge in [-0.05, 0) is 13.8 Å². The Morgan fingerprint density at radius 3 is 2.27 bits per heavy atom. The maximum Gasteiger partial charge on any atom is 0.315 e. The van der Waals surface area contributed by atoms with Crippen LogP contribution in [-0.4, -0.2) is 35.1 Å². The average Bonchev–Trinajstić information content (AvgIpc) is 2.01. The van der Waals surface area contributed by atoms with E-state index in [0.717, 1.165) is 0 Å². The molecule has 5 N–H and O–H groups in total. The molecule has 0 spiro atoms. The molecular weight excluding hydrogens is 202 g/mol. The number of nitrogens with two attached hydrogens (primary N) is 1. The van der Waals surface area contributed by atoms with Crippen molar-refractivity contribution >= 4 is 17.9 Å². The molecule has 0 unspecified atom stereocenters. The molecule has 0 radical (unpaired) electrons. The van der Waals surface area contributed by atoms with Crippen molar-refractivity contribution in [2.45, 2.75) is 25.8 Å². The number of carboxylic acids is 1. The fourth-order valence-electron chi connectivity index (χ4n) is 0.673. The van der Waals surface area contributed by atoms with Gasteiger partial charge in [0, 0.05) is 6.54 Å². The topological polar surface area (TPSA) is 122 Å². The number of carbonyl (C=O) groups is 3.